The smallest absolute Gasteiger partial charge is 0.329 e. The van der Waals surface area contributed by atoms with Gasteiger partial charge in [0.15, 0.2) is 6.10 Å². The fourth-order valence-electron chi connectivity index (χ4n) is 4.97. The highest BCUT2D eigenvalue weighted by molar-refractivity contribution is 5.94. The molecular weight excluding hydrogens is 660 g/mol. The Balaban J connectivity index is 2.20. The van der Waals surface area contributed by atoms with Gasteiger partial charge in [0.05, 0.1) is 0 Å². The van der Waals surface area contributed by atoms with Gasteiger partial charge in [0.1, 0.15) is 30.8 Å². The van der Waals surface area contributed by atoms with Gasteiger partial charge >= 0.3 is 17.9 Å². The zero-order chi connectivity index (χ0) is 38.1. The van der Waals surface area contributed by atoms with E-state index in [2.05, 4.69) is 21.3 Å². The minimum Gasteiger partial charge on any atom is -0.480 e. The molecule has 5 atom stereocenters. The van der Waals surface area contributed by atoms with E-state index in [0.717, 1.165) is 5.56 Å². The molecule has 0 bridgehead atoms. The molecule has 0 radical (unpaired) electrons. The molecule has 278 valence electrons. The molecule has 2 aromatic rings. The Kier molecular flexibility index (Phi) is 17.3. The van der Waals surface area contributed by atoms with Gasteiger partial charge in [0.2, 0.25) is 17.7 Å². The van der Waals surface area contributed by atoms with Crippen molar-refractivity contribution in [1.82, 2.24) is 21.3 Å². The van der Waals surface area contributed by atoms with Crippen LogP contribution in [0.4, 0.5) is 0 Å². The van der Waals surface area contributed by atoms with Gasteiger partial charge in [-0.15, -0.1) is 0 Å². The lowest BCUT2D eigenvalue weighted by Gasteiger charge is -2.26. The van der Waals surface area contributed by atoms with Crippen molar-refractivity contribution >= 4 is 41.5 Å². The number of rotatable bonds is 20. The molecule has 0 aliphatic heterocycles. The molecule has 0 aliphatic carbocycles. The van der Waals surface area contributed by atoms with Crippen molar-refractivity contribution in [2.24, 2.45) is 11.8 Å². The lowest BCUT2D eigenvalue weighted by molar-refractivity contribution is -0.159. The summed E-state index contributed by atoms with van der Waals surface area (Å²) >= 11 is 0. The molecule has 14 nitrogen and oxygen atoms in total. The zero-order valence-corrected chi connectivity index (χ0v) is 30.0. The summed E-state index contributed by atoms with van der Waals surface area (Å²) in [5.41, 5.74) is 1.47. The molecule has 0 unspecified atom stereocenters. The highest BCUT2D eigenvalue weighted by Gasteiger charge is 2.33. The van der Waals surface area contributed by atoms with E-state index in [1.165, 1.54) is 13.8 Å². The second-order valence-electron chi connectivity index (χ2n) is 13.0. The van der Waals surface area contributed by atoms with Crippen LogP contribution in [0.2, 0.25) is 0 Å². The molecule has 2 aromatic carbocycles. The van der Waals surface area contributed by atoms with Crippen LogP contribution < -0.4 is 21.3 Å². The molecule has 0 heterocycles. The van der Waals surface area contributed by atoms with E-state index in [1.54, 1.807) is 56.3 Å². The first-order valence-corrected chi connectivity index (χ1v) is 16.9. The number of carboxylic acid groups (broad SMARTS) is 1. The van der Waals surface area contributed by atoms with Crippen LogP contribution in [0, 0.1) is 11.8 Å². The van der Waals surface area contributed by atoms with E-state index in [-0.39, 0.29) is 38.2 Å². The summed E-state index contributed by atoms with van der Waals surface area (Å²) in [4.78, 5) is 89.3. The number of aliphatic carboxylic acids is 1. The van der Waals surface area contributed by atoms with Crippen LogP contribution in [-0.4, -0.2) is 76.9 Å². The minimum absolute atomic E-state index is 0.0123. The van der Waals surface area contributed by atoms with Gasteiger partial charge in [-0.2, -0.15) is 0 Å². The molecule has 0 spiro atoms. The van der Waals surface area contributed by atoms with Gasteiger partial charge < -0.3 is 35.8 Å². The third kappa shape index (κ3) is 15.4. The van der Waals surface area contributed by atoms with Crippen LogP contribution in [0.25, 0.3) is 0 Å². The maximum Gasteiger partial charge on any atom is 0.329 e. The Hall–Kier alpha value is -5.27. The highest BCUT2D eigenvalue weighted by atomic mass is 16.5. The fraction of sp³-hybridized carbons (Fsp3) is 0.486. The third-order valence-electron chi connectivity index (χ3n) is 7.69. The molecule has 4 amide bonds. The largest absolute Gasteiger partial charge is 0.480 e. The summed E-state index contributed by atoms with van der Waals surface area (Å²) in [5.74, 6) is -6.11. The number of esters is 2. The first-order chi connectivity index (χ1) is 24.1. The van der Waals surface area contributed by atoms with Crippen molar-refractivity contribution in [2.75, 3.05) is 0 Å². The summed E-state index contributed by atoms with van der Waals surface area (Å²) in [6.07, 6.45) is -1.55. The molecule has 0 aromatic heterocycles. The quantitative estimate of drug-likeness (QED) is 0.127. The predicted molar refractivity (Wildman–Crippen MR) is 186 cm³/mol. The van der Waals surface area contributed by atoms with Gasteiger partial charge in [-0.3, -0.25) is 24.0 Å². The zero-order valence-electron chi connectivity index (χ0n) is 30.0. The van der Waals surface area contributed by atoms with Crippen LogP contribution in [0.3, 0.4) is 0 Å². The van der Waals surface area contributed by atoms with Gasteiger partial charge in [0.25, 0.3) is 5.91 Å². The third-order valence-corrected chi connectivity index (χ3v) is 7.69. The summed E-state index contributed by atoms with van der Waals surface area (Å²) in [7, 11) is 0. The summed E-state index contributed by atoms with van der Waals surface area (Å²) in [6.45, 7) is 9.42. The molecule has 14 heteroatoms. The number of carbonyl (C=O) groups excluding carboxylic acids is 6. The fourth-order valence-corrected chi connectivity index (χ4v) is 4.97. The van der Waals surface area contributed by atoms with E-state index in [1.807, 2.05) is 32.0 Å². The van der Waals surface area contributed by atoms with Crippen molar-refractivity contribution in [2.45, 2.75) is 104 Å². The minimum atomic E-state index is -1.37. The van der Waals surface area contributed by atoms with Gasteiger partial charge in [-0.1, -0.05) is 88.4 Å². The lowest BCUT2D eigenvalue weighted by atomic mass is 10.0. The predicted octanol–water partition coefficient (Wildman–Crippen LogP) is 2.43. The second-order valence-corrected chi connectivity index (χ2v) is 13.0. The average Bonchev–Trinajstić information content (AvgIpc) is 3.07. The van der Waals surface area contributed by atoms with Crippen molar-refractivity contribution in [3.05, 3.63) is 71.8 Å². The molecule has 0 saturated carbocycles. The van der Waals surface area contributed by atoms with E-state index >= 15 is 0 Å². The van der Waals surface area contributed by atoms with Crippen LogP contribution in [0.1, 0.15) is 71.9 Å². The van der Waals surface area contributed by atoms with Crippen LogP contribution in [-0.2, 0) is 56.1 Å². The number of ether oxygens (including phenoxy) is 2. The number of carbonyl (C=O) groups is 7. The topological polar surface area (TPSA) is 206 Å². The first kappa shape index (κ1) is 41.9. The summed E-state index contributed by atoms with van der Waals surface area (Å²) in [6, 6.07) is 13.0. The van der Waals surface area contributed by atoms with Crippen molar-refractivity contribution < 1.29 is 48.1 Å². The number of carboxylic acids is 1. The number of benzene rings is 2. The van der Waals surface area contributed by atoms with E-state index < -0.39 is 77.7 Å². The molecular formula is C37H50N4O10. The second kappa shape index (κ2) is 21.1. The number of hydrogen-bond donors (Lipinski definition) is 5. The molecule has 5 N–H and O–H groups in total. The number of amides is 4. The normalized spacial score (nSPS) is 13.9. The van der Waals surface area contributed by atoms with Crippen molar-refractivity contribution in [3.8, 4) is 0 Å². The monoisotopic (exact) mass is 710 g/mol. The van der Waals surface area contributed by atoms with Crippen molar-refractivity contribution in [1.29, 1.82) is 0 Å². The molecule has 2 rings (SSSR count). The maximum absolute atomic E-state index is 13.8. The Morgan fingerprint density at radius 2 is 1.24 bits per heavy atom. The van der Waals surface area contributed by atoms with Crippen LogP contribution in [0.15, 0.2) is 60.7 Å². The SMILES string of the molecule is CC(=O)N[C@@H](CCC(=O)OCc1ccccc1)C(=O)N[C@@H](Cc1ccccc1)C(=O)N[C@@H](CC(C)C)C(=O)O[C@@H](C)C(=O)N[C@H](C(=O)O)C(C)C. The average molecular weight is 711 g/mol. The Bertz CT molecular complexity index is 1480. The lowest BCUT2D eigenvalue weighted by Crippen LogP contribution is -2.57. The van der Waals surface area contributed by atoms with Gasteiger partial charge in [-0.05, 0) is 42.7 Å². The van der Waals surface area contributed by atoms with E-state index in [0.29, 0.717) is 5.56 Å². The molecule has 51 heavy (non-hydrogen) atoms. The first-order valence-electron chi connectivity index (χ1n) is 16.9. The molecule has 0 fully saturated rings. The Morgan fingerprint density at radius 3 is 1.76 bits per heavy atom. The summed E-state index contributed by atoms with van der Waals surface area (Å²) < 4.78 is 10.7. The van der Waals surface area contributed by atoms with E-state index in [9.17, 15) is 38.7 Å². The van der Waals surface area contributed by atoms with Crippen LogP contribution >= 0.6 is 0 Å². The maximum atomic E-state index is 13.8. The Morgan fingerprint density at radius 1 is 0.686 bits per heavy atom. The summed E-state index contributed by atoms with van der Waals surface area (Å²) in [5, 5.41) is 19.6. The Labute approximate surface area is 298 Å². The van der Waals surface area contributed by atoms with Gasteiger partial charge in [-0.25, -0.2) is 9.59 Å². The van der Waals surface area contributed by atoms with Crippen molar-refractivity contribution in [3.63, 3.8) is 0 Å². The van der Waals surface area contributed by atoms with Gasteiger partial charge in [0, 0.05) is 19.8 Å². The highest BCUT2D eigenvalue weighted by Crippen LogP contribution is 2.12. The number of nitrogens with one attached hydrogen (secondary N) is 4. The van der Waals surface area contributed by atoms with Crippen LogP contribution in [0.5, 0.6) is 0 Å². The van der Waals surface area contributed by atoms with E-state index in [4.69, 9.17) is 9.47 Å². The standard InChI is InChI=1S/C37H50N4O10/c1-22(2)19-30(37(49)51-24(5)33(44)41-32(23(3)4)36(47)48)40-35(46)29(20-26-13-9-7-10-14-26)39-34(45)28(38-25(6)42)17-18-31(43)50-21-27-15-11-8-12-16-27/h7-16,22-24,28-30,32H,17-21H2,1-6H3,(H,38,42)(H,39,45)(H,40,46)(H,41,44)(H,47,48)/t24-,28-,29-,30-,32-/m0/s1. The number of hydrogen-bond acceptors (Lipinski definition) is 9. The molecule has 0 aliphatic rings. The molecule has 0 saturated heterocycles.